The highest BCUT2D eigenvalue weighted by Crippen LogP contribution is 2.19. The van der Waals surface area contributed by atoms with Crippen LogP contribution >= 0.6 is 0 Å². The van der Waals surface area contributed by atoms with Gasteiger partial charge < -0.3 is 14.2 Å². The zero-order chi connectivity index (χ0) is 15.4. The van der Waals surface area contributed by atoms with Gasteiger partial charge in [0.1, 0.15) is 11.9 Å². The van der Waals surface area contributed by atoms with Crippen LogP contribution in [0.2, 0.25) is 0 Å². The van der Waals surface area contributed by atoms with Crippen LogP contribution in [0.3, 0.4) is 0 Å². The summed E-state index contributed by atoms with van der Waals surface area (Å²) in [5, 5.41) is 0. The summed E-state index contributed by atoms with van der Waals surface area (Å²) < 4.78 is 7.46. The third-order valence-corrected chi connectivity index (χ3v) is 4.02. The lowest BCUT2D eigenvalue weighted by atomic mass is 10.2. The van der Waals surface area contributed by atoms with Crippen molar-refractivity contribution in [2.75, 3.05) is 13.1 Å². The molecule has 116 valence electrons. The van der Waals surface area contributed by atoms with Crippen molar-refractivity contribution in [2.24, 2.45) is 7.05 Å². The van der Waals surface area contributed by atoms with Gasteiger partial charge in [-0.05, 0) is 19.4 Å². The van der Waals surface area contributed by atoms with Gasteiger partial charge in [0.15, 0.2) is 0 Å². The van der Waals surface area contributed by atoms with E-state index in [9.17, 15) is 9.59 Å². The molecule has 1 aromatic heterocycles. The van der Waals surface area contributed by atoms with Crippen molar-refractivity contribution in [3.63, 3.8) is 0 Å². The molecular weight excluding hydrogens is 268 g/mol. The summed E-state index contributed by atoms with van der Waals surface area (Å²) in [4.78, 5) is 25.6. The number of pyridine rings is 1. The van der Waals surface area contributed by atoms with Crippen molar-refractivity contribution < 1.29 is 9.53 Å². The molecule has 2 heterocycles. The van der Waals surface area contributed by atoms with Gasteiger partial charge in [-0.3, -0.25) is 9.59 Å². The molecule has 1 aliphatic heterocycles. The van der Waals surface area contributed by atoms with Crippen molar-refractivity contribution in [3.05, 3.63) is 28.2 Å². The standard InChI is InChI=1S/C16H24N2O3/c1-4-5-6-15(19)18-8-7-13(11-18)21-14-9-12(2)17(3)16(20)10-14/h9-10,13H,4-8,11H2,1-3H3. The molecular formula is C16H24N2O3. The van der Waals surface area contributed by atoms with Crippen molar-refractivity contribution in [1.82, 2.24) is 9.47 Å². The van der Waals surface area contributed by atoms with E-state index in [1.54, 1.807) is 11.6 Å². The second-order valence-corrected chi connectivity index (χ2v) is 5.70. The third-order valence-electron chi connectivity index (χ3n) is 4.02. The van der Waals surface area contributed by atoms with Crippen molar-refractivity contribution >= 4 is 5.91 Å². The fraction of sp³-hybridized carbons (Fsp3) is 0.625. The number of ether oxygens (including phenoxy) is 1. The van der Waals surface area contributed by atoms with Crippen LogP contribution in [-0.4, -0.2) is 34.6 Å². The number of rotatable bonds is 5. The number of carbonyl (C=O) groups is 1. The van der Waals surface area contributed by atoms with Gasteiger partial charge in [0.05, 0.1) is 6.54 Å². The van der Waals surface area contributed by atoms with E-state index < -0.39 is 0 Å². The van der Waals surface area contributed by atoms with E-state index in [0.29, 0.717) is 18.7 Å². The molecule has 5 nitrogen and oxygen atoms in total. The predicted molar refractivity (Wildman–Crippen MR) is 81.6 cm³/mol. The quantitative estimate of drug-likeness (QED) is 0.832. The minimum atomic E-state index is -0.0705. The normalized spacial score (nSPS) is 18.0. The largest absolute Gasteiger partial charge is 0.488 e. The predicted octanol–water partition coefficient (Wildman–Crippen LogP) is 1.86. The molecule has 1 aromatic rings. The highest BCUT2D eigenvalue weighted by Gasteiger charge is 2.27. The zero-order valence-electron chi connectivity index (χ0n) is 13.1. The van der Waals surface area contributed by atoms with Gasteiger partial charge >= 0.3 is 0 Å². The SMILES string of the molecule is CCCCC(=O)N1CCC(Oc2cc(C)n(C)c(=O)c2)C1. The second kappa shape index (κ2) is 6.78. The van der Waals surface area contributed by atoms with E-state index in [1.807, 2.05) is 17.9 Å². The van der Waals surface area contributed by atoms with Gasteiger partial charge in [0.2, 0.25) is 5.91 Å². The van der Waals surface area contributed by atoms with Gasteiger partial charge in [-0.2, -0.15) is 0 Å². The second-order valence-electron chi connectivity index (χ2n) is 5.70. The minimum Gasteiger partial charge on any atom is -0.488 e. The molecule has 2 rings (SSSR count). The lowest BCUT2D eigenvalue weighted by Gasteiger charge is -2.17. The molecule has 0 N–H and O–H groups in total. The first kappa shape index (κ1) is 15.6. The Morgan fingerprint density at radius 1 is 1.43 bits per heavy atom. The molecule has 0 aliphatic carbocycles. The Hall–Kier alpha value is -1.78. The summed E-state index contributed by atoms with van der Waals surface area (Å²) in [6.07, 6.45) is 3.41. The smallest absolute Gasteiger partial charge is 0.254 e. The minimum absolute atomic E-state index is 0.0120. The van der Waals surface area contributed by atoms with Crippen LogP contribution in [0.4, 0.5) is 0 Å². The topological polar surface area (TPSA) is 51.5 Å². The van der Waals surface area contributed by atoms with Gasteiger partial charge in [0, 0.05) is 38.2 Å². The van der Waals surface area contributed by atoms with E-state index in [4.69, 9.17) is 4.74 Å². The fourth-order valence-corrected chi connectivity index (χ4v) is 2.53. The summed E-state index contributed by atoms with van der Waals surface area (Å²) >= 11 is 0. The first-order valence-electron chi connectivity index (χ1n) is 7.63. The molecule has 1 atom stereocenters. The lowest BCUT2D eigenvalue weighted by Crippen LogP contribution is -2.31. The number of hydrogen-bond donors (Lipinski definition) is 0. The molecule has 1 fully saturated rings. The van der Waals surface area contributed by atoms with Crippen LogP contribution in [0.25, 0.3) is 0 Å². The fourth-order valence-electron chi connectivity index (χ4n) is 2.53. The van der Waals surface area contributed by atoms with Crippen molar-refractivity contribution in [3.8, 4) is 5.75 Å². The Kier molecular flexibility index (Phi) is 5.04. The van der Waals surface area contributed by atoms with Crippen molar-refractivity contribution in [2.45, 2.75) is 45.6 Å². The van der Waals surface area contributed by atoms with E-state index in [1.165, 1.54) is 6.07 Å². The van der Waals surface area contributed by atoms with Crippen LogP contribution in [-0.2, 0) is 11.8 Å². The molecule has 0 saturated carbocycles. The molecule has 1 saturated heterocycles. The van der Waals surface area contributed by atoms with E-state index in [0.717, 1.165) is 31.5 Å². The summed E-state index contributed by atoms with van der Waals surface area (Å²) in [5.74, 6) is 0.812. The number of likely N-dealkylation sites (tertiary alicyclic amines) is 1. The zero-order valence-corrected chi connectivity index (χ0v) is 13.1. The highest BCUT2D eigenvalue weighted by molar-refractivity contribution is 5.76. The van der Waals surface area contributed by atoms with Gasteiger partial charge in [-0.15, -0.1) is 0 Å². The first-order chi connectivity index (χ1) is 10.0. The molecule has 1 amide bonds. The number of amides is 1. The van der Waals surface area contributed by atoms with Crippen LogP contribution in [0.15, 0.2) is 16.9 Å². The van der Waals surface area contributed by atoms with Crippen LogP contribution < -0.4 is 10.3 Å². The highest BCUT2D eigenvalue weighted by atomic mass is 16.5. The summed E-state index contributed by atoms with van der Waals surface area (Å²) in [6, 6.07) is 3.37. The van der Waals surface area contributed by atoms with Gasteiger partial charge in [-0.1, -0.05) is 13.3 Å². The summed E-state index contributed by atoms with van der Waals surface area (Å²) in [6.45, 7) is 5.33. The molecule has 0 radical (unpaired) electrons. The first-order valence-corrected chi connectivity index (χ1v) is 7.63. The molecule has 0 aromatic carbocycles. The number of nitrogens with zero attached hydrogens (tertiary/aromatic N) is 2. The Bertz CT molecular complexity index is 565. The van der Waals surface area contributed by atoms with Crippen LogP contribution in [0.1, 0.15) is 38.3 Å². The Morgan fingerprint density at radius 3 is 2.86 bits per heavy atom. The third kappa shape index (κ3) is 3.86. The molecule has 0 spiro atoms. The molecule has 5 heteroatoms. The average molecular weight is 292 g/mol. The maximum atomic E-state index is 12.0. The number of aryl methyl sites for hydroxylation is 1. The maximum absolute atomic E-state index is 12.0. The molecule has 1 unspecified atom stereocenters. The average Bonchev–Trinajstić information content (AvgIpc) is 2.90. The van der Waals surface area contributed by atoms with E-state index in [2.05, 4.69) is 6.92 Å². The molecule has 1 aliphatic rings. The maximum Gasteiger partial charge on any atom is 0.254 e. The number of hydrogen-bond acceptors (Lipinski definition) is 3. The number of unbranched alkanes of at least 4 members (excludes halogenated alkanes) is 1. The summed E-state index contributed by atoms with van der Waals surface area (Å²) in [5.41, 5.74) is 0.797. The summed E-state index contributed by atoms with van der Waals surface area (Å²) in [7, 11) is 1.74. The molecule has 0 bridgehead atoms. The van der Waals surface area contributed by atoms with Crippen molar-refractivity contribution in [1.29, 1.82) is 0 Å². The van der Waals surface area contributed by atoms with Crippen LogP contribution in [0, 0.1) is 6.92 Å². The monoisotopic (exact) mass is 292 g/mol. The van der Waals surface area contributed by atoms with E-state index >= 15 is 0 Å². The Labute approximate surface area is 125 Å². The number of carbonyl (C=O) groups excluding carboxylic acids is 1. The van der Waals surface area contributed by atoms with Gasteiger partial charge in [-0.25, -0.2) is 0 Å². The van der Waals surface area contributed by atoms with Gasteiger partial charge in [0.25, 0.3) is 5.56 Å². The Morgan fingerprint density at radius 2 is 2.19 bits per heavy atom. The van der Waals surface area contributed by atoms with E-state index in [-0.39, 0.29) is 17.6 Å². The Balaban J connectivity index is 1.94. The van der Waals surface area contributed by atoms with Crippen LogP contribution in [0.5, 0.6) is 5.75 Å². The number of aromatic nitrogens is 1. The molecule has 21 heavy (non-hydrogen) atoms. The lowest BCUT2D eigenvalue weighted by molar-refractivity contribution is -0.130.